The summed E-state index contributed by atoms with van der Waals surface area (Å²) < 4.78 is 0. The van der Waals surface area contributed by atoms with Crippen LogP contribution in [0.5, 0.6) is 5.75 Å². The van der Waals surface area contributed by atoms with Crippen molar-refractivity contribution in [2.24, 2.45) is 5.73 Å². The monoisotopic (exact) mass is 225 g/mol. The topological polar surface area (TPSA) is 87.4 Å². The minimum Gasteiger partial charge on any atom is -0.507 e. The number of hydrogen-bond donors (Lipinski definition) is 4. The number of aromatic hydroxyl groups is 1. The zero-order chi connectivity index (χ0) is 11.4. The minimum absolute atomic E-state index is 0.0458. The first-order valence-electron chi connectivity index (χ1n) is 4.16. The summed E-state index contributed by atoms with van der Waals surface area (Å²) in [5, 5.41) is 9.37. The van der Waals surface area contributed by atoms with Gasteiger partial charge in [-0.2, -0.15) is 0 Å². The number of carbonyl (C=O) groups is 1. The Bertz CT molecular complexity index is 406. The molecule has 0 aliphatic carbocycles. The van der Waals surface area contributed by atoms with Gasteiger partial charge in [-0.3, -0.25) is 15.6 Å². The number of rotatable bonds is 1. The van der Waals surface area contributed by atoms with Crippen LogP contribution in [0.2, 0.25) is 0 Å². The SMILES string of the molecule is Cc1ccc(O)c(C(=O)NNC(N)=S)c1. The summed E-state index contributed by atoms with van der Waals surface area (Å²) in [5.74, 6) is -0.591. The van der Waals surface area contributed by atoms with E-state index in [0.717, 1.165) is 5.56 Å². The number of thiocarbonyl (C=S) groups is 1. The molecule has 15 heavy (non-hydrogen) atoms. The standard InChI is InChI=1S/C9H11N3O2S/c1-5-2-3-7(13)6(4-5)8(14)11-12-9(10)15/h2-4,13H,1H3,(H,11,14)(H3,10,12,15). The van der Waals surface area contributed by atoms with Crippen molar-refractivity contribution in [3.8, 4) is 5.75 Å². The molecular weight excluding hydrogens is 214 g/mol. The highest BCUT2D eigenvalue weighted by Gasteiger charge is 2.10. The third-order valence-corrected chi connectivity index (χ3v) is 1.80. The molecular formula is C9H11N3O2S. The Morgan fingerprint density at radius 3 is 2.73 bits per heavy atom. The predicted octanol–water partition coefficient (Wildman–Crippen LogP) is 0.179. The Hall–Kier alpha value is -1.82. The maximum absolute atomic E-state index is 11.5. The van der Waals surface area contributed by atoms with E-state index in [2.05, 4.69) is 23.1 Å². The van der Waals surface area contributed by atoms with Crippen molar-refractivity contribution in [2.75, 3.05) is 0 Å². The van der Waals surface area contributed by atoms with Gasteiger partial charge >= 0.3 is 0 Å². The van der Waals surface area contributed by atoms with Gasteiger partial charge in [0.25, 0.3) is 5.91 Å². The number of amides is 1. The first-order chi connectivity index (χ1) is 7.00. The molecule has 0 heterocycles. The van der Waals surface area contributed by atoms with E-state index in [1.807, 2.05) is 6.92 Å². The summed E-state index contributed by atoms with van der Waals surface area (Å²) in [6.45, 7) is 1.82. The summed E-state index contributed by atoms with van der Waals surface area (Å²) in [7, 11) is 0. The molecule has 1 rings (SSSR count). The molecule has 0 spiro atoms. The summed E-state index contributed by atoms with van der Waals surface area (Å²) in [4.78, 5) is 11.5. The van der Waals surface area contributed by atoms with Gasteiger partial charge in [-0.05, 0) is 31.3 Å². The van der Waals surface area contributed by atoms with Crippen molar-refractivity contribution in [1.29, 1.82) is 0 Å². The summed E-state index contributed by atoms with van der Waals surface area (Å²) in [6, 6.07) is 4.71. The molecule has 0 saturated carbocycles. The molecule has 0 fully saturated rings. The molecule has 80 valence electrons. The summed E-state index contributed by atoms with van der Waals surface area (Å²) >= 11 is 4.51. The van der Waals surface area contributed by atoms with Gasteiger partial charge in [0.05, 0.1) is 5.56 Å². The molecule has 1 amide bonds. The largest absolute Gasteiger partial charge is 0.507 e. The average Bonchev–Trinajstić information content (AvgIpc) is 2.18. The molecule has 1 aromatic carbocycles. The highest BCUT2D eigenvalue weighted by atomic mass is 32.1. The van der Waals surface area contributed by atoms with Gasteiger partial charge in [0.15, 0.2) is 5.11 Å². The van der Waals surface area contributed by atoms with Gasteiger partial charge in [0.1, 0.15) is 5.75 Å². The molecule has 1 aromatic rings. The lowest BCUT2D eigenvalue weighted by Crippen LogP contribution is -2.44. The molecule has 0 aliphatic heterocycles. The zero-order valence-electron chi connectivity index (χ0n) is 8.07. The van der Waals surface area contributed by atoms with Gasteiger partial charge in [0, 0.05) is 0 Å². The van der Waals surface area contributed by atoms with Crippen LogP contribution in [-0.2, 0) is 0 Å². The van der Waals surface area contributed by atoms with Crippen LogP contribution in [-0.4, -0.2) is 16.1 Å². The Labute approximate surface area is 92.3 Å². The van der Waals surface area contributed by atoms with Gasteiger partial charge < -0.3 is 10.8 Å². The second kappa shape index (κ2) is 4.61. The first-order valence-corrected chi connectivity index (χ1v) is 4.57. The average molecular weight is 225 g/mol. The third kappa shape index (κ3) is 3.10. The lowest BCUT2D eigenvalue weighted by molar-refractivity contribution is 0.0941. The fraction of sp³-hybridized carbons (Fsp3) is 0.111. The first kappa shape index (κ1) is 11.3. The zero-order valence-corrected chi connectivity index (χ0v) is 8.89. The lowest BCUT2D eigenvalue weighted by Gasteiger charge is -2.08. The molecule has 6 heteroatoms. The van der Waals surface area contributed by atoms with E-state index < -0.39 is 5.91 Å². The number of nitrogens with one attached hydrogen (secondary N) is 2. The Morgan fingerprint density at radius 2 is 2.13 bits per heavy atom. The van der Waals surface area contributed by atoms with Crippen molar-refractivity contribution >= 4 is 23.2 Å². The molecule has 0 unspecified atom stereocenters. The van der Waals surface area contributed by atoms with E-state index in [0.29, 0.717) is 0 Å². The molecule has 0 radical (unpaired) electrons. The Kier molecular flexibility index (Phi) is 3.46. The molecule has 0 aliphatic rings. The number of carbonyl (C=O) groups excluding carboxylic acids is 1. The van der Waals surface area contributed by atoms with Crippen LogP contribution < -0.4 is 16.6 Å². The summed E-state index contributed by atoms with van der Waals surface area (Å²) in [6.07, 6.45) is 0. The van der Waals surface area contributed by atoms with E-state index in [-0.39, 0.29) is 16.4 Å². The van der Waals surface area contributed by atoms with Crippen LogP contribution in [0.4, 0.5) is 0 Å². The van der Waals surface area contributed by atoms with Crippen molar-refractivity contribution in [3.63, 3.8) is 0 Å². The number of hydrazine groups is 1. The second-order valence-electron chi connectivity index (χ2n) is 2.96. The van der Waals surface area contributed by atoms with E-state index in [9.17, 15) is 9.90 Å². The lowest BCUT2D eigenvalue weighted by atomic mass is 10.1. The molecule has 0 bridgehead atoms. The van der Waals surface area contributed by atoms with Crippen LogP contribution in [0.15, 0.2) is 18.2 Å². The van der Waals surface area contributed by atoms with Crippen LogP contribution >= 0.6 is 12.2 Å². The number of aryl methyl sites for hydroxylation is 1. The van der Waals surface area contributed by atoms with Crippen LogP contribution in [0.25, 0.3) is 0 Å². The molecule has 5 N–H and O–H groups in total. The maximum atomic E-state index is 11.5. The van der Waals surface area contributed by atoms with Crippen molar-refractivity contribution in [3.05, 3.63) is 29.3 Å². The number of phenolic OH excluding ortho intramolecular Hbond substituents is 1. The maximum Gasteiger partial charge on any atom is 0.273 e. The predicted molar refractivity (Wildman–Crippen MR) is 60.2 cm³/mol. The summed E-state index contributed by atoms with van der Waals surface area (Å²) in [5.41, 5.74) is 10.7. The van der Waals surface area contributed by atoms with Crippen molar-refractivity contribution in [2.45, 2.75) is 6.92 Å². The van der Waals surface area contributed by atoms with E-state index in [4.69, 9.17) is 5.73 Å². The number of nitrogens with two attached hydrogens (primary N) is 1. The van der Waals surface area contributed by atoms with Crippen LogP contribution in [0.3, 0.4) is 0 Å². The number of hydrogen-bond acceptors (Lipinski definition) is 3. The van der Waals surface area contributed by atoms with Gasteiger partial charge in [0.2, 0.25) is 0 Å². The Balaban J connectivity index is 2.81. The van der Waals surface area contributed by atoms with Crippen LogP contribution in [0.1, 0.15) is 15.9 Å². The fourth-order valence-corrected chi connectivity index (χ4v) is 1.07. The fourth-order valence-electron chi connectivity index (χ4n) is 1.02. The van der Waals surface area contributed by atoms with Gasteiger partial charge in [-0.25, -0.2) is 0 Å². The van der Waals surface area contributed by atoms with Crippen LogP contribution in [0, 0.1) is 6.92 Å². The van der Waals surface area contributed by atoms with E-state index >= 15 is 0 Å². The quantitative estimate of drug-likeness (QED) is 0.404. The second-order valence-corrected chi connectivity index (χ2v) is 3.40. The molecule has 5 nitrogen and oxygen atoms in total. The highest BCUT2D eigenvalue weighted by Crippen LogP contribution is 2.17. The van der Waals surface area contributed by atoms with Crippen molar-refractivity contribution in [1.82, 2.24) is 10.9 Å². The normalized spacial score (nSPS) is 9.40. The molecule has 0 saturated heterocycles. The number of phenols is 1. The van der Waals surface area contributed by atoms with E-state index in [1.54, 1.807) is 12.1 Å². The number of benzene rings is 1. The van der Waals surface area contributed by atoms with Crippen molar-refractivity contribution < 1.29 is 9.90 Å². The molecule has 0 aromatic heterocycles. The smallest absolute Gasteiger partial charge is 0.273 e. The third-order valence-electron chi connectivity index (χ3n) is 1.70. The minimum atomic E-state index is -0.496. The molecule has 0 atom stereocenters. The van der Waals surface area contributed by atoms with Gasteiger partial charge in [-0.15, -0.1) is 0 Å². The Morgan fingerprint density at radius 1 is 1.47 bits per heavy atom. The highest BCUT2D eigenvalue weighted by molar-refractivity contribution is 7.80. The van der Waals surface area contributed by atoms with Gasteiger partial charge in [-0.1, -0.05) is 11.6 Å². The van der Waals surface area contributed by atoms with E-state index in [1.165, 1.54) is 6.07 Å².